The van der Waals surface area contributed by atoms with E-state index in [4.69, 9.17) is 31.1 Å². The van der Waals surface area contributed by atoms with Crippen molar-refractivity contribution in [2.24, 2.45) is 10.3 Å². The van der Waals surface area contributed by atoms with Gasteiger partial charge >= 0.3 is 12.1 Å². The average molecular weight is 1010 g/mol. The fraction of sp³-hybridized carbons (Fsp3) is 0.173. The summed E-state index contributed by atoms with van der Waals surface area (Å²) in [6, 6.07) is 45.5. The van der Waals surface area contributed by atoms with E-state index in [0.29, 0.717) is 32.7 Å². The van der Waals surface area contributed by atoms with Gasteiger partial charge in [-0.3, -0.25) is 19.8 Å². The number of aromatic nitrogens is 1. The zero-order valence-electron chi connectivity index (χ0n) is 37.8. The minimum Gasteiger partial charge on any atom is -0.448 e. The molecule has 2 aliphatic rings. The van der Waals surface area contributed by atoms with Crippen molar-refractivity contribution in [1.82, 2.24) is 15.2 Å². The zero-order chi connectivity index (χ0) is 49.3. The Labute approximate surface area is 421 Å². The monoisotopic (exact) mass is 1010 g/mol. The molecule has 70 heavy (non-hydrogen) atoms. The molecule has 1 fully saturated rings. The number of fused-ring (bicyclic) bond motifs is 1. The summed E-state index contributed by atoms with van der Waals surface area (Å²) in [4.78, 5) is 70.0. The van der Waals surface area contributed by atoms with Crippen molar-refractivity contribution in [1.29, 1.82) is 0 Å². The largest absolute Gasteiger partial charge is 0.448 e. The van der Waals surface area contributed by atoms with Gasteiger partial charge in [0, 0.05) is 27.3 Å². The van der Waals surface area contributed by atoms with Crippen LogP contribution in [0.4, 0.5) is 9.93 Å². The molecule has 8 rings (SSSR count). The molecule has 0 spiro atoms. The molecule has 0 bridgehead atoms. The van der Waals surface area contributed by atoms with Crippen LogP contribution in [-0.4, -0.2) is 73.7 Å². The molecule has 2 aliphatic heterocycles. The van der Waals surface area contributed by atoms with Gasteiger partial charge in [0.2, 0.25) is 5.60 Å². The van der Waals surface area contributed by atoms with Gasteiger partial charge in [-0.25, -0.2) is 14.6 Å². The van der Waals surface area contributed by atoms with Crippen LogP contribution in [0.1, 0.15) is 60.4 Å². The maximum atomic E-state index is 14.9. The van der Waals surface area contributed by atoms with Crippen LogP contribution in [0.3, 0.4) is 0 Å². The number of allylic oxidation sites excluding steroid dienone is 1. The van der Waals surface area contributed by atoms with Crippen LogP contribution in [0.15, 0.2) is 184 Å². The third kappa shape index (κ3) is 11.0. The number of esters is 1. The van der Waals surface area contributed by atoms with Crippen LogP contribution in [-0.2, 0) is 34.3 Å². The highest BCUT2D eigenvalue weighted by Crippen LogP contribution is 2.45. The summed E-state index contributed by atoms with van der Waals surface area (Å²) in [6.45, 7) is 5.14. The van der Waals surface area contributed by atoms with Crippen LogP contribution >= 0.6 is 46.5 Å². The molecule has 5 aromatic carbocycles. The molecule has 2 atom stereocenters. The summed E-state index contributed by atoms with van der Waals surface area (Å²) < 4.78 is 11.7. The number of halogens is 1. The number of thiazole rings is 1. The van der Waals surface area contributed by atoms with E-state index in [0.717, 1.165) is 23.1 Å². The lowest BCUT2D eigenvalue weighted by atomic mass is 9.80. The normalized spacial score (nSPS) is 16.2. The predicted octanol–water partition coefficient (Wildman–Crippen LogP) is 10.5. The molecule has 3 amide bonds. The molecule has 14 nitrogen and oxygen atoms in total. The van der Waals surface area contributed by atoms with Gasteiger partial charge in [0.25, 0.3) is 11.8 Å². The van der Waals surface area contributed by atoms with Crippen molar-refractivity contribution in [3.8, 4) is 0 Å². The van der Waals surface area contributed by atoms with Crippen LogP contribution < -0.4 is 10.6 Å². The Bertz CT molecular complexity index is 2820. The lowest BCUT2D eigenvalue weighted by molar-refractivity contribution is -0.154. The first-order valence-corrected chi connectivity index (χ1v) is 24.9. The molecule has 356 valence electrons. The van der Waals surface area contributed by atoms with Crippen molar-refractivity contribution < 1.29 is 38.7 Å². The van der Waals surface area contributed by atoms with Crippen LogP contribution in [0.5, 0.6) is 0 Å². The average Bonchev–Trinajstić information content (AvgIpc) is 3.73. The maximum absolute atomic E-state index is 14.9. The Hall–Kier alpha value is -7.18. The molecule has 3 heterocycles. The Morgan fingerprint density at radius 1 is 0.843 bits per heavy atom. The van der Waals surface area contributed by atoms with Crippen LogP contribution in [0.2, 0.25) is 4.34 Å². The lowest BCUT2D eigenvalue weighted by Gasteiger charge is -2.49. The predicted molar refractivity (Wildman–Crippen MR) is 274 cm³/mol. The smallest absolute Gasteiger partial charge is 0.413 e. The number of ether oxygens (including phenoxy) is 2. The lowest BCUT2D eigenvalue weighted by Crippen LogP contribution is -2.71. The number of anilines is 1. The molecular weight excluding hydrogens is 968 g/mol. The molecule has 0 saturated carbocycles. The van der Waals surface area contributed by atoms with E-state index in [2.05, 4.69) is 25.9 Å². The molecule has 1 aromatic heterocycles. The van der Waals surface area contributed by atoms with Gasteiger partial charge < -0.3 is 24.8 Å². The summed E-state index contributed by atoms with van der Waals surface area (Å²) in [5, 5.41) is 22.9. The van der Waals surface area contributed by atoms with Gasteiger partial charge in [-0.1, -0.05) is 197 Å². The number of carbonyl (C=O) groups excluding carboxylic acids is 4. The molecule has 1 unspecified atom stereocenters. The highest BCUT2D eigenvalue weighted by atomic mass is 35.5. The van der Waals surface area contributed by atoms with E-state index in [-0.39, 0.29) is 26.6 Å². The minimum absolute atomic E-state index is 0.00249. The number of hydrogen-bond donors (Lipinski definition) is 3. The quantitative estimate of drug-likeness (QED) is 0.0210. The van der Waals surface area contributed by atoms with Gasteiger partial charge in [-0.2, -0.15) is 0 Å². The molecule has 18 heteroatoms. The number of benzene rings is 5. The van der Waals surface area contributed by atoms with Crippen molar-refractivity contribution in [3.63, 3.8) is 0 Å². The molecule has 0 aliphatic carbocycles. The SMILES string of the molecule is CC(C)(C)OC(=O)Nc1nc(/C(=N/OC(c2ccccc2)(c2ccccc2)c2ccccc2)C(=O)NC2C(=O)N3C(C(=O)OC(c4ccccc4)c4ccccc4)=C(S/C=C\C=N\O)CS[C@H]23)c(Cl)s1. The fourth-order valence-electron chi connectivity index (χ4n) is 7.70. The van der Waals surface area contributed by atoms with Gasteiger partial charge in [0.05, 0.1) is 6.21 Å². The molecule has 3 N–H and O–H groups in total. The number of hydrogen-bond acceptors (Lipinski definition) is 14. The van der Waals surface area contributed by atoms with Crippen LogP contribution in [0.25, 0.3) is 0 Å². The molecule has 6 aromatic rings. The van der Waals surface area contributed by atoms with E-state index in [9.17, 15) is 19.2 Å². The summed E-state index contributed by atoms with van der Waals surface area (Å²) in [5.74, 6) is -2.00. The summed E-state index contributed by atoms with van der Waals surface area (Å²) in [6.07, 6.45) is 1.03. The molecule has 0 radical (unpaired) electrons. The first kappa shape index (κ1) is 49.2. The Kier molecular flexibility index (Phi) is 15.5. The van der Waals surface area contributed by atoms with E-state index < -0.39 is 58.3 Å². The van der Waals surface area contributed by atoms with Gasteiger partial charge in [-0.05, 0) is 43.4 Å². The number of thioether (sulfide) groups is 2. The third-order valence-electron chi connectivity index (χ3n) is 10.7. The number of rotatable bonds is 16. The number of nitrogens with zero attached hydrogens (tertiary/aromatic N) is 4. The highest BCUT2D eigenvalue weighted by molar-refractivity contribution is 8.08. The Morgan fingerprint density at radius 3 is 1.89 bits per heavy atom. The number of amides is 3. The first-order valence-electron chi connectivity index (χ1n) is 21.8. The maximum Gasteiger partial charge on any atom is 0.413 e. The van der Waals surface area contributed by atoms with Crippen molar-refractivity contribution in [3.05, 3.63) is 212 Å². The van der Waals surface area contributed by atoms with Crippen molar-refractivity contribution in [2.45, 2.75) is 49.5 Å². The van der Waals surface area contributed by atoms with Gasteiger partial charge in [-0.15, -0.1) is 11.8 Å². The summed E-state index contributed by atoms with van der Waals surface area (Å²) in [5.41, 5.74) is 0.639. The third-order valence-corrected chi connectivity index (χ3v) is 14.3. The molecule has 1 saturated heterocycles. The minimum atomic E-state index is -1.44. The first-order chi connectivity index (χ1) is 33.9. The second-order valence-corrected chi connectivity index (χ2v) is 20.2. The highest BCUT2D eigenvalue weighted by Gasteiger charge is 2.55. The van der Waals surface area contributed by atoms with E-state index in [1.807, 2.05) is 152 Å². The van der Waals surface area contributed by atoms with Crippen LogP contribution in [0, 0.1) is 0 Å². The van der Waals surface area contributed by atoms with Gasteiger partial charge in [0.1, 0.15) is 32.7 Å². The zero-order valence-corrected chi connectivity index (χ0v) is 41.0. The van der Waals surface area contributed by atoms with E-state index in [1.54, 1.807) is 26.2 Å². The van der Waals surface area contributed by atoms with Crippen molar-refractivity contribution in [2.75, 3.05) is 11.1 Å². The van der Waals surface area contributed by atoms with E-state index in [1.165, 1.54) is 29.0 Å². The van der Waals surface area contributed by atoms with Gasteiger partial charge in [0.15, 0.2) is 16.9 Å². The second-order valence-electron chi connectivity index (χ2n) is 16.5. The van der Waals surface area contributed by atoms with Crippen molar-refractivity contribution >= 4 is 87.4 Å². The number of carbonyl (C=O) groups is 4. The fourth-order valence-corrected chi connectivity index (χ4v) is 11.0. The van der Waals surface area contributed by atoms with E-state index >= 15 is 0 Å². The second kappa shape index (κ2) is 22.1. The number of β-lactam (4-membered cyclic amide) rings is 1. The summed E-state index contributed by atoms with van der Waals surface area (Å²) >= 11 is 10.2. The summed E-state index contributed by atoms with van der Waals surface area (Å²) in [7, 11) is 0. The standard InChI is InChI=1S/C52H45ClN6O8S3/c1-51(2,3)66-50(63)57-49-56-39(44(53)70-49)40(58-67-52(35-24-13-6-14-25-35,36-26-15-7-16-27-36)37-28-17-8-18-29-37)45(60)55-41-46(61)59-42(38(32-69-47(41)59)68-31-19-30-54-64)48(62)65-43(33-20-9-4-10-21-33)34-22-11-5-12-23-34/h4-31,41,43,47,64H,32H2,1-3H3,(H,55,60)(H,56,57,63)/b31-19-,54-30+,58-40-/t41?,47-/m1/s1. The topological polar surface area (TPSA) is 181 Å². The number of oxime groups is 2. The molecular formula is C52H45ClN6O8S3. The Morgan fingerprint density at radius 2 is 1.37 bits per heavy atom. The Balaban J connectivity index is 1.16. The number of nitrogens with one attached hydrogen (secondary N) is 2.